The Bertz CT molecular complexity index is 1610. The van der Waals surface area contributed by atoms with Gasteiger partial charge in [-0.25, -0.2) is 9.59 Å². The van der Waals surface area contributed by atoms with Gasteiger partial charge >= 0.3 is 24.1 Å². The predicted molar refractivity (Wildman–Crippen MR) is 175 cm³/mol. The molecule has 1 aromatic rings. The first-order chi connectivity index (χ1) is 23.1. The number of aliphatic hydroxyl groups excluding tert-OH is 1. The molecule has 1 aromatic carbocycles. The van der Waals surface area contributed by atoms with Crippen molar-refractivity contribution in [3.63, 3.8) is 0 Å². The summed E-state index contributed by atoms with van der Waals surface area (Å²) in [5.41, 5.74) is -7.26. The first kappa shape index (κ1) is 38.3. The van der Waals surface area contributed by atoms with Crippen molar-refractivity contribution in [2.45, 2.75) is 99.9 Å². The minimum absolute atomic E-state index is 0.0606. The Hall–Kier alpha value is -2.94. The molecule has 0 spiro atoms. The van der Waals surface area contributed by atoms with Crippen LogP contribution in [0.15, 0.2) is 41.5 Å². The molecule has 2 N–H and O–H groups in total. The Labute approximate surface area is 303 Å². The average molecular weight is 762 g/mol. The molecule has 2 saturated carbocycles. The third-order valence-electron chi connectivity index (χ3n) is 10.8. The first-order valence-electron chi connectivity index (χ1n) is 15.9. The van der Waals surface area contributed by atoms with E-state index in [1.54, 1.807) is 32.0 Å². The lowest BCUT2D eigenvalue weighted by molar-refractivity contribution is -0.346. The topological polar surface area (TPSA) is 181 Å². The van der Waals surface area contributed by atoms with Gasteiger partial charge in [0.25, 0.3) is 0 Å². The molecule has 3 aliphatic carbocycles. The van der Waals surface area contributed by atoms with Gasteiger partial charge < -0.3 is 38.6 Å². The van der Waals surface area contributed by atoms with E-state index in [4.69, 9.17) is 63.2 Å². The molecule has 2 bridgehead atoms. The molecule has 50 heavy (non-hydrogen) atoms. The van der Waals surface area contributed by atoms with Crippen LogP contribution >= 0.6 is 34.8 Å². The van der Waals surface area contributed by atoms with Crippen LogP contribution in [-0.2, 0) is 42.8 Å². The number of esters is 3. The highest BCUT2D eigenvalue weighted by molar-refractivity contribution is 6.67. The van der Waals surface area contributed by atoms with E-state index >= 15 is 4.79 Å². The van der Waals surface area contributed by atoms with Gasteiger partial charge in [0, 0.05) is 32.1 Å². The van der Waals surface area contributed by atoms with Gasteiger partial charge in [-0.2, -0.15) is 0 Å². The van der Waals surface area contributed by atoms with Crippen molar-refractivity contribution in [2.24, 2.45) is 16.7 Å². The van der Waals surface area contributed by atoms with Crippen LogP contribution in [0.1, 0.15) is 64.7 Å². The largest absolute Gasteiger partial charge is 0.508 e. The second kappa shape index (κ2) is 13.2. The fraction of sp³-hybridized carbons (Fsp3) is 0.618. The fourth-order valence-corrected chi connectivity index (χ4v) is 8.51. The molecule has 1 aliphatic heterocycles. The fourth-order valence-electron chi connectivity index (χ4n) is 8.35. The lowest BCUT2D eigenvalue weighted by atomic mass is 9.44. The van der Waals surface area contributed by atoms with Gasteiger partial charge in [0.1, 0.15) is 30.5 Å². The highest BCUT2D eigenvalue weighted by Crippen LogP contribution is 2.64. The smallest absolute Gasteiger partial charge is 0.455 e. The van der Waals surface area contributed by atoms with E-state index in [0.717, 1.165) is 13.8 Å². The number of alkyl halides is 3. The van der Waals surface area contributed by atoms with Crippen LogP contribution in [0, 0.1) is 16.7 Å². The summed E-state index contributed by atoms with van der Waals surface area (Å²) in [6, 6.07) is 7.85. The van der Waals surface area contributed by atoms with Gasteiger partial charge in [-0.3, -0.25) is 14.4 Å². The molecule has 16 heteroatoms. The Balaban J connectivity index is 1.82. The Morgan fingerprint density at radius 3 is 2.18 bits per heavy atom. The van der Waals surface area contributed by atoms with Crippen molar-refractivity contribution < 1.29 is 62.6 Å². The van der Waals surface area contributed by atoms with Gasteiger partial charge in [-0.1, -0.05) is 66.8 Å². The molecule has 1 heterocycles. The summed E-state index contributed by atoms with van der Waals surface area (Å²) in [7, 11) is 0. The van der Waals surface area contributed by atoms with Gasteiger partial charge in [-0.15, -0.1) is 0 Å². The van der Waals surface area contributed by atoms with Gasteiger partial charge in [0.15, 0.2) is 17.5 Å². The predicted octanol–water partition coefficient (Wildman–Crippen LogP) is 4.18. The average Bonchev–Trinajstić information content (AvgIpc) is 3.01. The number of fused-ring (bicyclic) bond motifs is 5. The van der Waals surface area contributed by atoms with E-state index < -0.39 is 105 Å². The van der Waals surface area contributed by atoms with Gasteiger partial charge in [-0.05, 0) is 37.1 Å². The molecular formula is C34H39Cl3O13. The van der Waals surface area contributed by atoms with Crippen LogP contribution in [0.25, 0.3) is 0 Å². The summed E-state index contributed by atoms with van der Waals surface area (Å²) in [6.07, 6.45) is -9.52. The van der Waals surface area contributed by atoms with Crippen LogP contribution in [0.5, 0.6) is 0 Å². The maximum Gasteiger partial charge on any atom is 0.508 e. The number of carbonyl (C=O) groups is 5. The number of ketones is 1. The summed E-state index contributed by atoms with van der Waals surface area (Å²) in [5, 5.41) is 24.6. The number of hydrogen-bond donors (Lipinski definition) is 2. The zero-order valence-electron chi connectivity index (χ0n) is 28.2. The van der Waals surface area contributed by atoms with Gasteiger partial charge in [0.2, 0.25) is 3.79 Å². The zero-order valence-corrected chi connectivity index (χ0v) is 30.5. The molecule has 5 rings (SSSR count). The lowest BCUT2D eigenvalue weighted by Crippen LogP contribution is -2.82. The maximum atomic E-state index is 15.4. The number of ether oxygens (including phenoxy) is 6. The van der Waals surface area contributed by atoms with Crippen molar-refractivity contribution in [1.82, 2.24) is 0 Å². The molecule has 0 radical (unpaired) electrons. The number of hydrogen-bond acceptors (Lipinski definition) is 13. The van der Waals surface area contributed by atoms with Crippen LogP contribution in [0.3, 0.4) is 0 Å². The highest BCUT2D eigenvalue weighted by Gasteiger charge is 2.79. The number of Topliss-reactive ketones (excluding diaryl/α,β-unsaturated/α-hetero) is 1. The summed E-state index contributed by atoms with van der Waals surface area (Å²) < 4.78 is 32.7. The van der Waals surface area contributed by atoms with E-state index in [1.807, 2.05) is 0 Å². The van der Waals surface area contributed by atoms with Crippen LogP contribution < -0.4 is 0 Å². The Kier molecular flexibility index (Phi) is 10.1. The van der Waals surface area contributed by atoms with Crippen LogP contribution in [0.2, 0.25) is 0 Å². The molecular weight excluding hydrogens is 723 g/mol. The number of halogens is 3. The first-order valence-corrected chi connectivity index (χ1v) is 17.0. The Morgan fingerprint density at radius 2 is 1.64 bits per heavy atom. The molecule has 3 unspecified atom stereocenters. The van der Waals surface area contributed by atoms with Crippen molar-refractivity contribution in [3.8, 4) is 0 Å². The summed E-state index contributed by atoms with van der Waals surface area (Å²) in [4.78, 5) is 68.0. The third-order valence-corrected chi connectivity index (χ3v) is 11.1. The van der Waals surface area contributed by atoms with Crippen molar-refractivity contribution >= 4 is 64.6 Å². The van der Waals surface area contributed by atoms with Crippen LogP contribution in [-0.4, -0.2) is 98.8 Å². The van der Waals surface area contributed by atoms with Crippen molar-refractivity contribution in [2.75, 3.05) is 13.2 Å². The lowest BCUT2D eigenvalue weighted by Gasteiger charge is -2.67. The molecule has 13 nitrogen and oxygen atoms in total. The van der Waals surface area contributed by atoms with E-state index in [0.29, 0.717) is 0 Å². The second-order valence-electron chi connectivity index (χ2n) is 14.0. The quantitative estimate of drug-likeness (QED) is 0.183. The van der Waals surface area contributed by atoms with E-state index in [2.05, 4.69) is 0 Å². The van der Waals surface area contributed by atoms with Crippen LogP contribution in [0.4, 0.5) is 4.79 Å². The minimum atomic E-state index is -2.25. The summed E-state index contributed by atoms with van der Waals surface area (Å²) in [6.45, 7) is 7.27. The number of aliphatic hydroxyl groups is 2. The Morgan fingerprint density at radius 1 is 1.00 bits per heavy atom. The molecule has 3 fully saturated rings. The highest BCUT2D eigenvalue weighted by atomic mass is 35.6. The SMILES string of the molecule is CC(=O)O[C@H]1C(=O)[C@@]2(C)C([C@H](OC(=O)c3ccccc3)[C@]3(O)CC(O)C(C)=C1C3(C)C)[C@]1(OC(C)=O)COC1C[C@@H]2OC(=O)OCC(Cl)(Cl)Cl. The third kappa shape index (κ3) is 6.28. The van der Waals surface area contributed by atoms with Crippen molar-refractivity contribution in [3.05, 3.63) is 47.0 Å². The molecule has 4 aliphatic rings. The second-order valence-corrected chi connectivity index (χ2v) is 16.5. The molecule has 0 amide bonds. The number of benzene rings is 1. The maximum absolute atomic E-state index is 15.4. The number of carbonyl (C=O) groups excluding carboxylic acids is 5. The minimum Gasteiger partial charge on any atom is -0.455 e. The molecule has 9 atom stereocenters. The standard InChI is InChI=1S/C34H39Cl3O13/c1-16-20(40)13-33(44)27(49-28(42)19-10-8-7-9-11-19)25-31(6,26(41)24(47-17(2)38)23(16)30(33,4)5)21(48-29(43)46-15-34(35,36)37)12-22-32(25,14-45-22)50-18(3)39/h7-11,20-22,24-25,27,40,44H,12-15H2,1-6H3/t20?,21-,22?,24+,25?,27-,31+,32-,33+/m0/s1. The van der Waals surface area contributed by atoms with Gasteiger partial charge in [0.05, 0.1) is 29.6 Å². The molecule has 0 aromatic heterocycles. The van der Waals surface area contributed by atoms with E-state index in [9.17, 15) is 29.4 Å². The summed E-state index contributed by atoms with van der Waals surface area (Å²) >= 11 is 17.3. The van der Waals surface area contributed by atoms with E-state index in [1.165, 1.54) is 26.0 Å². The van der Waals surface area contributed by atoms with E-state index in [-0.39, 0.29) is 29.7 Å². The monoisotopic (exact) mass is 760 g/mol. The summed E-state index contributed by atoms with van der Waals surface area (Å²) in [5.74, 6) is -4.97. The zero-order chi connectivity index (χ0) is 37.2. The molecule has 1 saturated heterocycles. The molecule has 274 valence electrons. The number of rotatable bonds is 6. The van der Waals surface area contributed by atoms with Crippen molar-refractivity contribution in [1.29, 1.82) is 0 Å². The normalized spacial score (nSPS) is 35.9.